The van der Waals surface area contributed by atoms with E-state index in [9.17, 15) is 9.59 Å². The molecule has 5 heterocycles. The Kier molecular flexibility index (Phi) is 11.4. The summed E-state index contributed by atoms with van der Waals surface area (Å²) in [6.45, 7) is 14.3. The Morgan fingerprint density at radius 1 is 0.745 bits per heavy atom. The maximum Gasteiger partial charge on any atom is 0.410 e. The van der Waals surface area contributed by atoms with Crippen molar-refractivity contribution in [3.05, 3.63) is 87.5 Å². The maximum atomic E-state index is 12.7. The number of amides is 2. The van der Waals surface area contributed by atoms with E-state index < -0.39 is 11.2 Å². The molecule has 9 nitrogen and oxygen atoms in total. The number of hydrogen-bond donors (Lipinski definition) is 0. The summed E-state index contributed by atoms with van der Waals surface area (Å²) in [4.78, 5) is 33.4. The standard InChI is InChI=1S/C23H28N2O3.C18H24BrNO3/c1-23(2,3)28-22(26)25-13-6-8-20(25)21-18-10-9-17(15-16(18)11-14-27-21)19-7-4-5-12-24-19;1-18(2,3)23-17(21)20-9-4-5-15(20)16-14-7-6-13(19)11-12(14)8-10-22-16/h4-5,7,9-10,12,15,20-21H,6,8,11,13-14H2,1-3H3;6-7,11,15-16H,4-5,8-10H2,1-3H3/t20-,21-;15-,16-/m00/s1. The summed E-state index contributed by atoms with van der Waals surface area (Å²) in [6.07, 6.45) is 6.86. The molecule has 274 valence electrons. The van der Waals surface area contributed by atoms with Gasteiger partial charge >= 0.3 is 12.2 Å². The number of carbonyl (C=O) groups is 2. The van der Waals surface area contributed by atoms with Crippen molar-refractivity contribution in [1.82, 2.24) is 14.8 Å². The van der Waals surface area contributed by atoms with Crippen molar-refractivity contribution in [2.75, 3.05) is 26.3 Å². The van der Waals surface area contributed by atoms with E-state index in [1.165, 1.54) is 22.3 Å². The van der Waals surface area contributed by atoms with Crippen LogP contribution in [-0.4, -0.2) is 76.6 Å². The van der Waals surface area contributed by atoms with E-state index in [4.69, 9.17) is 18.9 Å². The molecule has 0 N–H and O–H groups in total. The van der Waals surface area contributed by atoms with Crippen molar-refractivity contribution in [1.29, 1.82) is 0 Å². The number of halogens is 1. The van der Waals surface area contributed by atoms with Crippen molar-refractivity contribution >= 4 is 28.1 Å². The third-order valence-corrected chi connectivity index (χ3v) is 10.2. The van der Waals surface area contributed by atoms with Crippen LogP contribution in [0.3, 0.4) is 0 Å². The molecule has 0 unspecified atom stereocenters. The molecule has 3 aromatic rings. The van der Waals surface area contributed by atoms with E-state index in [0.29, 0.717) is 13.2 Å². The van der Waals surface area contributed by atoms with E-state index in [-0.39, 0.29) is 36.5 Å². The Morgan fingerprint density at radius 2 is 1.27 bits per heavy atom. The van der Waals surface area contributed by atoms with Gasteiger partial charge in [-0.15, -0.1) is 0 Å². The number of nitrogens with zero attached hydrogens (tertiary/aromatic N) is 3. The van der Waals surface area contributed by atoms with Crippen molar-refractivity contribution in [3.63, 3.8) is 0 Å². The number of fused-ring (bicyclic) bond motifs is 2. The second-order valence-corrected chi connectivity index (χ2v) is 16.7. The van der Waals surface area contributed by atoms with E-state index in [1.807, 2.05) is 81.8 Å². The molecule has 0 spiro atoms. The smallest absolute Gasteiger partial charge is 0.410 e. The molecule has 2 fully saturated rings. The molecule has 0 radical (unpaired) electrons. The van der Waals surface area contributed by atoms with Gasteiger partial charge in [0, 0.05) is 29.3 Å². The zero-order valence-corrected chi connectivity index (χ0v) is 32.4. The van der Waals surface area contributed by atoms with Crippen LogP contribution in [0.1, 0.15) is 102 Å². The second-order valence-electron chi connectivity index (χ2n) is 15.8. The molecule has 4 atom stereocenters. The molecule has 51 heavy (non-hydrogen) atoms. The van der Waals surface area contributed by atoms with Crippen LogP contribution in [0, 0.1) is 0 Å². The SMILES string of the molecule is CC(C)(C)OC(=O)N1CCC[C@H]1[C@H]1OCCc2cc(-c3ccccn3)ccc21.CC(C)(C)OC(=O)N1CCC[C@H]1[C@H]1OCCc2cc(Br)ccc21. The minimum atomic E-state index is -0.493. The average Bonchev–Trinajstić information content (AvgIpc) is 3.78. The predicted molar refractivity (Wildman–Crippen MR) is 201 cm³/mol. The topological polar surface area (TPSA) is 90.4 Å². The van der Waals surface area contributed by atoms with Gasteiger partial charge in [-0.25, -0.2) is 9.59 Å². The zero-order valence-electron chi connectivity index (χ0n) is 30.8. The first-order chi connectivity index (χ1) is 24.3. The molecule has 2 aromatic carbocycles. The molecule has 7 rings (SSSR count). The van der Waals surface area contributed by atoms with Gasteiger partial charge in [-0.2, -0.15) is 0 Å². The Bertz CT molecular complexity index is 1690. The summed E-state index contributed by atoms with van der Waals surface area (Å²) in [5, 5.41) is 0. The van der Waals surface area contributed by atoms with E-state index >= 15 is 0 Å². The Morgan fingerprint density at radius 3 is 1.78 bits per heavy atom. The van der Waals surface area contributed by atoms with Gasteiger partial charge in [0.1, 0.15) is 23.4 Å². The first-order valence-corrected chi connectivity index (χ1v) is 19.1. The minimum absolute atomic E-state index is 0.0228. The molecule has 0 aliphatic carbocycles. The van der Waals surface area contributed by atoms with Gasteiger partial charge in [0.2, 0.25) is 0 Å². The molecule has 2 saturated heterocycles. The number of likely N-dealkylation sites (tertiary alicyclic amines) is 2. The second kappa shape index (κ2) is 15.6. The Labute approximate surface area is 311 Å². The molecule has 0 saturated carbocycles. The van der Waals surface area contributed by atoms with Gasteiger partial charge in [-0.05, 0) is 133 Å². The van der Waals surface area contributed by atoms with E-state index in [1.54, 1.807) is 0 Å². The number of rotatable bonds is 3. The minimum Gasteiger partial charge on any atom is -0.444 e. The molecule has 4 aliphatic heterocycles. The molecule has 0 bridgehead atoms. The largest absolute Gasteiger partial charge is 0.444 e. The quantitative estimate of drug-likeness (QED) is 0.263. The highest BCUT2D eigenvalue weighted by atomic mass is 79.9. The predicted octanol–water partition coefficient (Wildman–Crippen LogP) is 9.22. The number of ether oxygens (including phenoxy) is 4. The maximum absolute atomic E-state index is 12.7. The summed E-state index contributed by atoms with van der Waals surface area (Å²) >= 11 is 3.54. The summed E-state index contributed by atoms with van der Waals surface area (Å²) in [5.74, 6) is 0. The third-order valence-electron chi connectivity index (χ3n) is 9.71. The van der Waals surface area contributed by atoms with Crippen LogP contribution in [0.4, 0.5) is 9.59 Å². The van der Waals surface area contributed by atoms with Crippen molar-refractivity contribution in [2.24, 2.45) is 0 Å². The van der Waals surface area contributed by atoms with Crippen LogP contribution in [0.2, 0.25) is 0 Å². The molecule has 1 aromatic heterocycles. The third kappa shape index (κ3) is 9.13. The number of carbonyl (C=O) groups excluding carboxylic acids is 2. The lowest BCUT2D eigenvalue weighted by Gasteiger charge is -2.36. The lowest BCUT2D eigenvalue weighted by Crippen LogP contribution is -2.43. The van der Waals surface area contributed by atoms with Crippen LogP contribution in [0.25, 0.3) is 11.3 Å². The van der Waals surface area contributed by atoms with E-state index in [2.05, 4.69) is 51.2 Å². The first kappa shape index (κ1) is 37.3. The fourth-order valence-corrected chi connectivity index (χ4v) is 7.99. The van der Waals surface area contributed by atoms with Crippen LogP contribution in [0.15, 0.2) is 65.3 Å². The van der Waals surface area contributed by atoms with Crippen LogP contribution < -0.4 is 0 Å². The number of hydrogen-bond acceptors (Lipinski definition) is 7. The number of benzene rings is 2. The summed E-state index contributed by atoms with van der Waals surface area (Å²) in [7, 11) is 0. The first-order valence-electron chi connectivity index (χ1n) is 18.3. The fraction of sp³-hybridized carbons (Fsp3) is 0.537. The van der Waals surface area contributed by atoms with Gasteiger partial charge in [-0.3, -0.25) is 4.98 Å². The van der Waals surface area contributed by atoms with Gasteiger partial charge in [-0.1, -0.05) is 40.2 Å². The highest BCUT2D eigenvalue weighted by Crippen LogP contribution is 2.40. The van der Waals surface area contributed by atoms with Crippen molar-refractivity contribution < 1.29 is 28.5 Å². The van der Waals surface area contributed by atoms with Crippen LogP contribution >= 0.6 is 15.9 Å². The van der Waals surface area contributed by atoms with Gasteiger partial charge in [0.25, 0.3) is 0 Å². The Balaban J connectivity index is 0.000000179. The molecule has 10 heteroatoms. The highest BCUT2D eigenvalue weighted by Gasteiger charge is 2.41. The molecule has 2 amide bonds. The highest BCUT2D eigenvalue weighted by molar-refractivity contribution is 9.10. The number of pyridine rings is 1. The summed E-state index contributed by atoms with van der Waals surface area (Å²) < 4.78 is 24.5. The Hall–Kier alpha value is -3.47. The fourth-order valence-electron chi connectivity index (χ4n) is 7.58. The van der Waals surface area contributed by atoms with E-state index in [0.717, 1.165) is 67.3 Å². The average molecular weight is 763 g/mol. The molecular formula is C41H52BrN3O6. The monoisotopic (exact) mass is 761 g/mol. The van der Waals surface area contributed by atoms with Gasteiger partial charge in [0.15, 0.2) is 0 Å². The van der Waals surface area contributed by atoms with Crippen LogP contribution in [-0.2, 0) is 31.8 Å². The lowest BCUT2D eigenvalue weighted by molar-refractivity contribution is -0.0267. The normalized spacial score (nSPS) is 23.1. The molecule has 4 aliphatic rings. The number of aromatic nitrogens is 1. The van der Waals surface area contributed by atoms with Crippen LogP contribution in [0.5, 0.6) is 0 Å². The molecular weight excluding hydrogens is 710 g/mol. The lowest BCUT2D eigenvalue weighted by atomic mass is 9.90. The van der Waals surface area contributed by atoms with Crippen molar-refractivity contribution in [2.45, 2.75) is 116 Å². The van der Waals surface area contributed by atoms with Gasteiger partial charge < -0.3 is 28.7 Å². The summed E-state index contributed by atoms with van der Waals surface area (Å²) in [6, 6.07) is 18.9. The zero-order chi connectivity index (χ0) is 36.3. The van der Waals surface area contributed by atoms with Crippen molar-refractivity contribution in [3.8, 4) is 11.3 Å². The van der Waals surface area contributed by atoms with Gasteiger partial charge in [0.05, 0.1) is 31.0 Å². The summed E-state index contributed by atoms with van der Waals surface area (Å²) in [5.41, 5.74) is 6.13.